The first-order valence-electron chi connectivity index (χ1n) is 4.44. The lowest BCUT2D eigenvalue weighted by Gasteiger charge is -2.07. The Morgan fingerprint density at radius 2 is 1.86 bits per heavy atom. The summed E-state index contributed by atoms with van der Waals surface area (Å²) in [5.41, 5.74) is 0. The smallest absolute Gasteiger partial charge is 0.182 e. The molecule has 0 saturated heterocycles. The van der Waals surface area contributed by atoms with Crippen molar-refractivity contribution in [3.05, 3.63) is 24.3 Å². The minimum Gasteiger partial charge on any atom is -0.507 e. The summed E-state index contributed by atoms with van der Waals surface area (Å²) in [5.74, 6) is -0.0577. The molecule has 0 bridgehead atoms. The van der Waals surface area contributed by atoms with Crippen LogP contribution in [0.15, 0.2) is 29.2 Å². The quantitative estimate of drug-likeness (QED) is 0.835. The Morgan fingerprint density at radius 1 is 1.29 bits per heavy atom. The van der Waals surface area contributed by atoms with Crippen LogP contribution in [0.25, 0.3) is 0 Å². The van der Waals surface area contributed by atoms with E-state index in [0.29, 0.717) is 0 Å². The predicted molar refractivity (Wildman–Crippen MR) is 55.0 cm³/mol. The molecule has 0 aliphatic heterocycles. The van der Waals surface area contributed by atoms with Crippen LogP contribution in [0.5, 0.6) is 5.75 Å². The predicted octanol–water partition coefficient (Wildman–Crippen LogP) is 1.82. The van der Waals surface area contributed by atoms with Crippen LogP contribution in [-0.4, -0.2) is 19.3 Å². The third-order valence-corrected chi connectivity index (χ3v) is 3.87. The van der Waals surface area contributed by atoms with Gasteiger partial charge in [-0.05, 0) is 18.1 Å². The molecule has 0 aromatic heterocycles. The van der Waals surface area contributed by atoms with Crippen molar-refractivity contribution >= 4 is 9.84 Å². The summed E-state index contributed by atoms with van der Waals surface area (Å²) in [4.78, 5) is 0.0219. The van der Waals surface area contributed by atoms with E-state index in [4.69, 9.17) is 0 Å². The topological polar surface area (TPSA) is 54.4 Å². The van der Waals surface area contributed by atoms with Crippen LogP contribution >= 0.6 is 0 Å². The third-order valence-electron chi connectivity index (χ3n) is 1.75. The Bertz CT molecular complexity index is 407. The van der Waals surface area contributed by atoms with E-state index in [1.807, 2.05) is 13.8 Å². The molecule has 1 aromatic rings. The summed E-state index contributed by atoms with van der Waals surface area (Å²) >= 11 is 0. The zero-order valence-corrected chi connectivity index (χ0v) is 9.08. The van der Waals surface area contributed by atoms with Gasteiger partial charge in [0.25, 0.3) is 0 Å². The third kappa shape index (κ3) is 2.48. The van der Waals surface area contributed by atoms with Gasteiger partial charge in [0.1, 0.15) is 10.6 Å². The van der Waals surface area contributed by atoms with Gasteiger partial charge in [-0.25, -0.2) is 8.42 Å². The zero-order valence-electron chi connectivity index (χ0n) is 8.27. The van der Waals surface area contributed by atoms with Crippen LogP contribution in [-0.2, 0) is 9.84 Å². The summed E-state index contributed by atoms with van der Waals surface area (Å²) in [6, 6.07) is 6.01. The maximum atomic E-state index is 11.7. The Balaban J connectivity index is 3.11. The monoisotopic (exact) mass is 214 g/mol. The summed E-state index contributed by atoms with van der Waals surface area (Å²) in [7, 11) is -3.34. The summed E-state index contributed by atoms with van der Waals surface area (Å²) in [6.07, 6.45) is 0. The van der Waals surface area contributed by atoms with Crippen LogP contribution in [0.4, 0.5) is 0 Å². The van der Waals surface area contributed by atoms with Crippen molar-refractivity contribution in [1.82, 2.24) is 0 Å². The molecule has 1 aromatic carbocycles. The van der Waals surface area contributed by atoms with Gasteiger partial charge in [0.2, 0.25) is 0 Å². The second-order valence-electron chi connectivity index (χ2n) is 3.64. The van der Waals surface area contributed by atoms with Gasteiger partial charge < -0.3 is 5.11 Å². The van der Waals surface area contributed by atoms with Crippen LogP contribution in [0.1, 0.15) is 13.8 Å². The van der Waals surface area contributed by atoms with E-state index in [-0.39, 0.29) is 22.3 Å². The van der Waals surface area contributed by atoms with Gasteiger partial charge in [-0.1, -0.05) is 26.0 Å². The zero-order chi connectivity index (χ0) is 10.8. The molecule has 4 heteroatoms. The minimum absolute atomic E-state index is 0.0219. The number of phenolic OH excluding ortho intramolecular Hbond substituents is 1. The first-order valence-corrected chi connectivity index (χ1v) is 6.09. The molecule has 0 amide bonds. The molecule has 0 fully saturated rings. The van der Waals surface area contributed by atoms with E-state index in [1.54, 1.807) is 12.1 Å². The highest BCUT2D eigenvalue weighted by Crippen LogP contribution is 2.23. The average molecular weight is 214 g/mol. The number of rotatable bonds is 3. The van der Waals surface area contributed by atoms with E-state index < -0.39 is 9.84 Å². The number of sulfone groups is 1. The number of hydrogen-bond acceptors (Lipinski definition) is 3. The molecule has 0 saturated carbocycles. The number of benzene rings is 1. The van der Waals surface area contributed by atoms with Crippen molar-refractivity contribution < 1.29 is 13.5 Å². The normalized spacial score (nSPS) is 11.9. The molecule has 0 aliphatic rings. The van der Waals surface area contributed by atoms with Gasteiger partial charge in [-0.2, -0.15) is 0 Å². The molecular weight excluding hydrogens is 200 g/mol. The fraction of sp³-hybridized carbons (Fsp3) is 0.400. The summed E-state index contributed by atoms with van der Waals surface area (Å²) in [5, 5.41) is 9.38. The van der Waals surface area contributed by atoms with E-state index >= 15 is 0 Å². The SMILES string of the molecule is CC(C)CS(=O)(=O)c1ccccc1O. The first kappa shape index (κ1) is 11.0. The summed E-state index contributed by atoms with van der Waals surface area (Å²) in [6.45, 7) is 3.66. The van der Waals surface area contributed by atoms with Crippen LogP contribution in [0.2, 0.25) is 0 Å². The molecule has 78 valence electrons. The fourth-order valence-corrected chi connectivity index (χ4v) is 2.98. The molecule has 0 heterocycles. The second kappa shape index (κ2) is 4.00. The van der Waals surface area contributed by atoms with Gasteiger partial charge in [-0.15, -0.1) is 0 Å². The number of aromatic hydroxyl groups is 1. The highest BCUT2D eigenvalue weighted by molar-refractivity contribution is 7.91. The highest BCUT2D eigenvalue weighted by atomic mass is 32.2. The van der Waals surface area contributed by atoms with Crippen LogP contribution in [0.3, 0.4) is 0 Å². The minimum atomic E-state index is -3.34. The molecule has 1 rings (SSSR count). The average Bonchev–Trinajstić information content (AvgIpc) is 2.02. The largest absolute Gasteiger partial charge is 0.507 e. The maximum Gasteiger partial charge on any atom is 0.182 e. The first-order chi connectivity index (χ1) is 6.43. The van der Waals surface area contributed by atoms with Crippen molar-refractivity contribution in [2.24, 2.45) is 5.92 Å². The Hall–Kier alpha value is -1.03. The number of hydrogen-bond donors (Lipinski definition) is 1. The van der Waals surface area contributed by atoms with Crippen molar-refractivity contribution in [3.63, 3.8) is 0 Å². The van der Waals surface area contributed by atoms with Crippen molar-refractivity contribution in [1.29, 1.82) is 0 Å². The summed E-state index contributed by atoms with van der Waals surface area (Å²) < 4.78 is 23.4. The Kier molecular flexibility index (Phi) is 3.16. The van der Waals surface area contributed by atoms with Crippen molar-refractivity contribution in [3.8, 4) is 5.75 Å². The van der Waals surface area contributed by atoms with Gasteiger partial charge in [0, 0.05) is 0 Å². The van der Waals surface area contributed by atoms with E-state index in [0.717, 1.165) is 0 Å². The Morgan fingerprint density at radius 3 is 2.36 bits per heavy atom. The molecule has 0 atom stereocenters. The lowest BCUT2D eigenvalue weighted by atomic mass is 10.3. The molecule has 0 aliphatic carbocycles. The van der Waals surface area contributed by atoms with Crippen LogP contribution < -0.4 is 0 Å². The van der Waals surface area contributed by atoms with Gasteiger partial charge in [0.05, 0.1) is 5.75 Å². The number of phenols is 1. The standard InChI is InChI=1S/C10H14O3S/c1-8(2)7-14(12,13)10-6-4-3-5-9(10)11/h3-6,8,11H,7H2,1-2H3. The van der Waals surface area contributed by atoms with Gasteiger partial charge in [-0.3, -0.25) is 0 Å². The molecule has 3 nitrogen and oxygen atoms in total. The van der Waals surface area contributed by atoms with Gasteiger partial charge >= 0.3 is 0 Å². The van der Waals surface area contributed by atoms with Crippen molar-refractivity contribution in [2.75, 3.05) is 5.75 Å². The molecule has 1 N–H and O–H groups in total. The molecule has 14 heavy (non-hydrogen) atoms. The molecule has 0 spiro atoms. The molecule has 0 unspecified atom stereocenters. The van der Waals surface area contributed by atoms with E-state index in [9.17, 15) is 13.5 Å². The fourth-order valence-electron chi connectivity index (χ4n) is 1.25. The maximum absolute atomic E-state index is 11.7. The van der Waals surface area contributed by atoms with E-state index in [1.165, 1.54) is 12.1 Å². The van der Waals surface area contributed by atoms with Crippen molar-refractivity contribution in [2.45, 2.75) is 18.7 Å². The van der Waals surface area contributed by atoms with Gasteiger partial charge in [0.15, 0.2) is 9.84 Å². The second-order valence-corrected chi connectivity index (χ2v) is 5.65. The lowest BCUT2D eigenvalue weighted by Crippen LogP contribution is -2.11. The van der Waals surface area contributed by atoms with E-state index in [2.05, 4.69) is 0 Å². The van der Waals surface area contributed by atoms with Crippen LogP contribution in [0, 0.1) is 5.92 Å². The lowest BCUT2D eigenvalue weighted by molar-refractivity contribution is 0.458. The Labute approximate surface area is 84.3 Å². The molecule has 0 radical (unpaired) electrons. The number of para-hydroxylation sites is 1. The highest BCUT2D eigenvalue weighted by Gasteiger charge is 2.19. The molecular formula is C10H14O3S.